The molecule has 1 aromatic heterocycles. The second-order valence-electron chi connectivity index (χ2n) is 7.85. The molecule has 30 heavy (non-hydrogen) atoms. The molecular formula is C23H31N3O3S. The molecule has 0 radical (unpaired) electrons. The summed E-state index contributed by atoms with van der Waals surface area (Å²) in [7, 11) is 4.06. The van der Waals surface area contributed by atoms with Crippen LogP contribution >= 0.6 is 11.3 Å². The first kappa shape index (κ1) is 22.3. The first-order valence-electron chi connectivity index (χ1n) is 10.5. The maximum atomic E-state index is 12.6. The number of carbonyl (C=O) groups excluding carboxylic acids is 2. The summed E-state index contributed by atoms with van der Waals surface area (Å²) >= 11 is 1.67. The molecule has 1 aliphatic heterocycles. The molecule has 0 aliphatic carbocycles. The van der Waals surface area contributed by atoms with Crippen molar-refractivity contribution in [3.8, 4) is 5.75 Å². The molecule has 7 heteroatoms. The highest BCUT2D eigenvalue weighted by molar-refractivity contribution is 7.07. The monoisotopic (exact) mass is 429 g/mol. The first-order valence-corrected chi connectivity index (χ1v) is 11.4. The first-order chi connectivity index (χ1) is 14.5. The Labute approximate surface area is 182 Å². The highest BCUT2D eigenvalue weighted by atomic mass is 32.1. The van der Waals surface area contributed by atoms with E-state index in [4.69, 9.17) is 4.74 Å². The average Bonchev–Trinajstić information content (AvgIpc) is 3.29. The Hall–Kier alpha value is -2.38. The number of ether oxygens (including phenoxy) is 1. The average molecular weight is 430 g/mol. The Morgan fingerprint density at radius 3 is 2.57 bits per heavy atom. The molecule has 6 nitrogen and oxygen atoms in total. The third kappa shape index (κ3) is 6.31. The fraction of sp³-hybridized carbons (Fsp3) is 0.478. The third-order valence-electron chi connectivity index (χ3n) is 5.57. The van der Waals surface area contributed by atoms with Crippen LogP contribution in [0, 0.1) is 5.92 Å². The molecule has 0 bridgehead atoms. The topological polar surface area (TPSA) is 61.9 Å². The normalized spacial score (nSPS) is 15.8. The molecule has 2 heterocycles. The summed E-state index contributed by atoms with van der Waals surface area (Å²) in [5.74, 6) is 0.936. The lowest BCUT2D eigenvalue weighted by molar-refractivity contribution is -0.136. The Morgan fingerprint density at radius 2 is 1.93 bits per heavy atom. The number of benzene rings is 1. The van der Waals surface area contributed by atoms with E-state index in [1.165, 1.54) is 5.56 Å². The lowest BCUT2D eigenvalue weighted by atomic mass is 9.95. The number of rotatable bonds is 9. The highest BCUT2D eigenvalue weighted by Crippen LogP contribution is 2.22. The Balaban J connectivity index is 1.38. The van der Waals surface area contributed by atoms with Gasteiger partial charge in [0.1, 0.15) is 5.75 Å². The number of hydrogen-bond acceptors (Lipinski definition) is 5. The molecule has 2 amide bonds. The van der Waals surface area contributed by atoms with E-state index in [0.717, 1.165) is 5.75 Å². The summed E-state index contributed by atoms with van der Waals surface area (Å²) in [6.45, 7) is 2.23. The molecule has 1 fully saturated rings. The van der Waals surface area contributed by atoms with Crippen molar-refractivity contribution in [2.45, 2.75) is 25.3 Å². The van der Waals surface area contributed by atoms with E-state index in [1.54, 1.807) is 11.3 Å². The number of likely N-dealkylation sites (N-methyl/N-ethyl adjacent to an activating group) is 1. The SMILES string of the molecule is CN(C)C(CNC(=O)C1CCN(C(=O)CCOc2ccccc2)CC1)c1ccsc1. The molecule has 1 aliphatic rings. The summed E-state index contributed by atoms with van der Waals surface area (Å²) in [5.41, 5.74) is 1.23. The van der Waals surface area contributed by atoms with Gasteiger partial charge in [-0.05, 0) is 61.5 Å². The van der Waals surface area contributed by atoms with Crippen molar-refractivity contribution in [2.24, 2.45) is 5.92 Å². The largest absolute Gasteiger partial charge is 0.493 e. The number of para-hydroxylation sites is 1. The van der Waals surface area contributed by atoms with E-state index >= 15 is 0 Å². The van der Waals surface area contributed by atoms with Gasteiger partial charge in [-0.15, -0.1) is 0 Å². The fourth-order valence-electron chi connectivity index (χ4n) is 3.73. The summed E-state index contributed by atoms with van der Waals surface area (Å²) in [4.78, 5) is 29.1. The van der Waals surface area contributed by atoms with Crippen molar-refractivity contribution in [1.82, 2.24) is 15.1 Å². The highest BCUT2D eigenvalue weighted by Gasteiger charge is 2.27. The molecule has 3 rings (SSSR count). The van der Waals surface area contributed by atoms with E-state index in [9.17, 15) is 9.59 Å². The number of amides is 2. The van der Waals surface area contributed by atoms with Crippen LogP contribution in [0.5, 0.6) is 5.75 Å². The summed E-state index contributed by atoms with van der Waals surface area (Å²) in [6.07, 6.45) is 1.78. The maximum absolute atomic E-state index is 12.6. The molecule has 2 aromatic rings. The Morgan fingerprint density at radius 1 is 1.20 bits per heavy atom. The number of nitrogens with one attached hydrogen (secondary N) is 1. The van der Waals surface area contributed by atoms with E-state index in [0.29, 0.717) is 45.5 Å². The number of carbonyl (C=O) groups is 2. The van der Waals surface area contributed by atoms with Crippen molar-refractivity contribution in [3.63, 3.8) is 0 Å². The lowest BCUT2D eigenvalue weighted by Crippen LogP contribution is -2.44. The third-order valence-corrected chi connectivity index (χ3v) is 6.27. The Kier molecular flexibility index (Phi) is 8.28. The fourth-order valence-corrected chi connectivity index (χ4v) is 4.43. The van der Waals surface area contributed by atoms with Crippen molar-refractivity contribution < 1.29 is 14.3 Å². The maximum Gasteiger partial charge on any atom is 0.225 e. The summed E-state index contributed by atoms with van der Waals surface area (Å²) < 4.78 is 5.62. The molecule has 1 atom stereocenters. The van der Waals surface area contributed by atoms with Gasteiger partial charge in [-0.1, -0.05) is 18.2 Å². The predicted octanol–water partition coefficient (Wildman–Crippen LogP) is 3.17. The van der Waals surface area contributed by atoms with Gasteiger partial charge in [0.25, 0.3) is 0 Å². The number of piperidine rings is 1. The molecule has 1 N–H and O–H groups in total. The van der Waals surface area contributed by atoms with Crippen LogP contribution in [-0.4, -0.2) is 62.0 Å². The van der Waals surface area contributed by atoms with E-state index in [2.05, 4.69) is 27.0 Å². The van der Waals surface area contributed by atoms with Crippen molar-refractivity contribution in [3.05, 3.63) is 52.7 Å². The zero-order chi connectivity index (χ0) is 21.3. The molecule has 1 unspecified atom stereocenters. The second kappa shape index (κ2) is 11.1. The standard InChI is InChI=1S/C23H31N3O3S/c1-25(2)21(19-11-15-30-17-19)16-24-23(28)18-8-12-26(13-9-18)22(27)10-14-29-20-6-4-3-5-7-20/h3-7,11,15,17-18,21H,8-10,12-14,16H2,1-2H3,(H,24,28). The molecule has 0 spiro atoms. The van der Waals surface area contributed by atoms with Gasteiger partial charge in [0, 0.05) is 25.6 Å². The van der Waals surface area contributed by atoms with Crippen molar-refractivity contribution in [1.29, 1.82) is 0 Å². The number of nitrogens with zero attached hydrogens (tertiary/aromatic N) is 2. The van der Waals surface area contributed by atoms with Gasteiger partial charge in [0.05, 0.1) is 19.1 Å². The van der Waals surface area contributed by atoms with Gasteiger partial charge >= 0.3 is 0 Å². The van der Waals surface area contributed by atoms with Crippen LogP contribution < -0.4 is 10.1 Å². The number of thiophene rings is 1. The zero-order valence-electron chi connectivity index (χ0n) is 17.8. The van der Waals surface area contributed by atoms with Gasteiger partial charge in [-0.25, -0.2) is 0 Å². The van der Waals surface area contributed by atoms with Gasteiger partial charge < -0.3 is 19.9 Å². The van der Waals surface area contributed by atoms with Gasteiger partial charge in [-0.3, -0.25) is 9.59 Å². The van der Waals surface area contributed by atoms with Crippen LogP contribution in [0.25, 0.3) is 0 Å². The summed E-state index contributed by atoms with van der Waals surface area (Å²) in [5, 5.41) is 7.31. The predicted molar refractivity (Wildman–Crippen MR) is 120 cm³/mol. The molecule has 0 saturated carbocycles. The van der Waals surface area contributed by atoms with Gasteiger partial charge in [0.2, 0.25) is 11.8 Å². The molecule has 1 aromatic carbocycles. The summed E-state index contributed by atoms with van der Waals surface area (Å²) in [6, 6.07) is 11.8. The van der Waals surface area contributed by atoms with Crippen LogP contribution in [0.3, 0.4) is 0 Å². The van der Waals surface area contributed by atoms with Crippen molar-refractivity contribution in [2.75, 3.05) is 40.3 Å². The van der Waals surface area contributed by atoms with Crippen molar-refractivity contribution >= 4 is 23.2 Å². The molecule has 162 valence electrons. The quantitative estimate of drug-likeness (QED) is 0.665. The van der Waals surface area contributed by atoms with Crippen LogP contribution in [0.1, 0.15) is 30.9 Å². The van der Waals surface area contributed by atoms with Gasteiger partial charge in [-0.2, -0.15) is 11.3 Å². The van der Waals surface area contributed by atoms with Gasteiger partial charge in [0.15, 0.2) is 0 Å². The molecular weight excluding hydrogens is 398 g/mol. The second-order valence-corrected chi connectivity index (χ2v) is 8.63. The molecule has 1 saturated heterocycles. The van der Waals surface area contributed by atoms with Crippen LogP contribution in [-0.2, 0) is 9.59 Å². The lowest BCUT2D eigenvalue weighted by Gasteiger charge is -2.32. The zero-order valence-corrected chi connectivity index (χ0v) is 18.6. The minimum absolute atomic E-state index is 0.0279. The van der Waals surface area contributed by atoms with Crippen LogP contribution in [0.15, 0.2) is 47.2 Å². The minimum Gasteiger partial charge on any atom is -0.493 e. The number of hydrogen-bond donors (Lipinski definition) is 1. The van der Waals surface area contributed by atoms with Crippen LogP contribution in [0.2, 0.25) is 0 Å². The van der Waals surface area contributed by atoms with E-state index in [1.807, 2.05) is 49.3 Å². The van der Waals surface area contributed by atoms with Crippen LogP contribution in [0.4, 0.5) is 0 Å². The van der Waals surface area contributed by atoms with E-state index in [-0.39, 0.29) is 23.8 Å². The minimum atomic E-state index is -0.0279. The number of likely N-dealkylation sites (tertiary alicyclic amines) is 1. The smallest absolute Gasteiger partial charge is 0.225 e. The van der Waals surface area contributed by atoms with E-state index < -0.39 is 0 Å². The Bertz CT molecular complexity index is 787.